The quantitative estimate of drug-likeness (QED) is 0.676. The second-order valence-electron chi connectivity index (χ2n) is 4.53. The van der Waals surface area contributed by atoms with E-state index >= 15 is 0 Å². The molecule has 2 rings (SSSR count). The van der Waals surface area contributed by atoms with Gasteiger partial charge in [0.15, 0.2) is 4.99 Å². The van der Waals surface area contributed by atoms with Gasteiger partial charge in [-0.15, -0.1) is 0 Å². The van der Waals surface area contributed by atoms with Crippen LogP contribution in [0.4, 0.5) is 5.69 Å². The van der Waals surface area contributed by atoms with E-state index in [-0.39, 0.29) is 10.8 Å². The molecule has 0 saturated carbocycles. The van der Waals surface area contributed by atoms with E-state index in [1.54, 1.807) is 12.1 Å². The van der Waals surface area contributed by atoms with Gasteiger partial charge in [-0.1, -0.05) is 48.6 Å². The van der Waals surface area contributed by atoms with E-state index in [1.165, 1.54) is 0 Å². The number of rotatable bonds is 3. The molecule has 0 saturated heterocycles. The van der Waals surface area contributed by atoms with E-state index in [2.05, 4.69) is 11.4 Å². The smallest absolute Gasteiger partial charge is 0.220 e. The normalized spacial score (nSPS) is 10.0. The van der Waals surface area contributed by atoms with Crippen molar-refractivity contribution in [2.45, 2.75) is 13.8 Å². The van der Waals surface area contributed by atoms with Crippen molar-refractivity contribution < 1.29 is 4.79 Å². The molecule has 0 unspecified atom stereocenters. The number of hydrogen-bond donors (Lipinski definition) is 1. The first-order valence-corrected chi connectivity index (χ1v) is 6.46. The molecule has 1 N–H and O–H groups in total. The van der Waals surface area contributed by atoms with Gasteiger partial charge in [-0.05, 0) is 37.1 Å². The first kappa shape index (κ1) is 13.4. The molecule has 0 atom stereocenters. The molecule has 0 aliphatic carbocycles. The molecule has 0 aromatic heterocycles. The summed E-state index contributed by atoms with van der Waals surface area (Å²) in [5, 5.41) is 3.00. The molecule has 2 aromatic rings. The molecule has 96 valence electrons. The van der Waals surface area contributed by atoms with Crippen LogP contribution in [-0.4, -0.2) is 10.8 Å². The Morgan fingerprint density at radius 1 is 1.00 bits per heavy atom. The maximum absolute atomic E-state index is 12.1. The number of anilines is 1. The highest BCUT2D eigenvalue weighted by Gasteiger charge is 2.11. The van der Waals surface area contributed by atoms with Gasteiger partial charge in [0.25, 0.3) is 0 Å². The van der Waals surface area contributed by atoms with Gasteiger partial charge in [-0.3, -0.25) is 4.79 Å². The number of aryl methyl sites for hydroxylation is 2. The molecule has 19 heavy (non-hydrogen) atoms. The molecular formula is C16H15NOS. The molecule has 0 amide bonds. The van der Waals surface area contributed by atoms with E-state index in [4.69, 9.17) is 12.2 Å². The van der Waals surface area contributed by atoms with Gasteiger partial charge in [0.05, 0.1) is 0 Å². The van der Waals surface area contributed by atoms with Crippen molar-refractivity contribution in [1.82, 2.24) is 0 Å². The maximum Gasteiger partial charge on any atom is 0.220 e. The first-order valence-electron chi connectivity index (χ1n) is 6.05. The fourth-order valence-electron chi connectivity index (χ4n) is 1.96. The van der Waals surface area contributed by atoms with Crippen LogP contribution in [0.25, 0.3) is 0 Å². The van der Waals surface area contributed by atoms with Crippen molar-refractivity contribution in [1.29, 1.82) is 0 Å². The summed E-state index contributed by atoms with van der Waals surface area (Å²) >= 11 is 5.17. The summed E-state index contributed by atoms with van der Waals surface area (Å²) in [4.78, 5) is 12.3. The zero-order valence-corrected chi connectivity index (χ0v) is 11.8. The third-order valence-corrected chi connectivity index (χ3v) is 3.01. The predicted molar refractivity (Wildman–Crippen MR) is 82.9 cm³/mol. The lowest BCUT2D eigenvalue weighted by Gasteiger charge is -2.09. The Bertz CT molecular complexity index is 600. The largest absolute Gasteiger partial charge is 0.343 e. The number of ketones is 1. The Hall–Kier alpha value is -2.00. The summed E-state index contributed by atoms with van der Waals surface area (Å²) < 4.78 is 0. The number of carbonyl (C=O) groups is 1. The fraction of sp³-hybridized carbons (Fsp3) is 0.125. The monoisotopic (exact) mass is 269 g/mol. The number of benzene rings is 2. The van der Waals surface area contributed by atoms with Crippen LogP contribution in [0.3, 0.4) is 0 Å². The molecule has 2 nitrogen and oxygen atoms in total. The van der Waals surface area contributed by atoms with Crippen LogP contribution in [0.15, 0.2) is 48.5 Å². The third kappa shape index (κ3) is 3.48. The van der Waals surface area contributed by atoms with Gasteiger partial charge in [0, 0.05) is 11.3 Å². The summed E-state index contributed by atoms with van der Waals surface area (Å²) in [5.74, 6) is -0.158. The summed E-state index contributed by atoms with van der Waals surface area (Å²) in [7, 11) is 0. The zero-order chi connectivity index (χ0) is 13.8. The lowest BCUT2D eigenvalue weighted by Crippen LogP contribution is -2.20. The van der Waals surface area contributed by atoms with E-state index in [0.29, 0.717) is 5.56 Å². The van der Waals surface area contributed by atoms with Gasteiger partial charge >= 0.3 is 0 Å². The lowest BCUT2D eigenvalue weighted by molar-refractivity contribution is 0.106. The number of nitrogens with one attached hydrogen (secondary N) is 1. The average Bonchev–Trinajstić information content (AvgIpc) is 2.37. The van der Waals surface area contributed by atoms with E-state index in [9.17, 15) is 4.79 Å². The standard InChI is InChI=1S/C16H15NOS/c1-11-8-12(2)10-14(9-11)17-16(19)15(18)13-6-4-3-5-7-13/h3-10H,1-2H3,(H,17,19). The summed E-state index contributed by atoms with van der Waals surface area (Å²) in [6, 6.07) is 15.1. The Balaban J connectivity index is 2.15. The number of hydrogen-bond acceptors (Lipinski definition) is 2. The maximum atomic E-state index is 12.1. The van der Waals surface area contributed by atoms with Crippen molar-refractivity contribution >= 4 is 28.7 Å². The number of thiocarbonyl (C=S) groups is 1. The molecule has 0 spiro atoms. The van der Waals surface area contributed by atoms with Crippen molar-refractivity contribution in [3.8, 4) is 0 Å². The minimum atomic E-state index is -0.158. The second kappa shape index (κ2) is 5.76. The number of Topliss-reactive ketones (excluding diaryl/α,β-unsaturated/α-hetero) is 1. The molecular weight excluding hydrogens is 254 g/mol. The Labute approximate surface area is 118 Å². The highest BCUT2D eigenvalue weighted by Crippen LogP contribution is 2.14. The Morgan fingerprint density at radius 3 is 2.16 bits per heavy atom. The van der Waals surface area contributed by atoms with Gasteiger partial charge in [-0.25, -0.2) is 0 Å². The molecule has 0 heterocycles. The van der Waals surface area contributed by atoms with Crippen molar-refractivity contribution in [2.24, 2.45) is 0 Å². The van der Waals surface area contributed by atoms with Crippen LogP contribution in [-0.2, 0) is 0 Å². The van der Waals surface area contributed by atoms with Crippen LogP contribution in [0.5, 0.6) is 0 Å². The van der Waals surface area contributed by atoms with Crippen molar-refractivity contribution in [2.75, 3.05) is 5.32 Å². The molecule has 0 bridgehead atoms. The highest BCUT2D eigenvalue weighted by atomic mass is 32.1. The molecule has 2 aromatic carbocycles. The SMILES string of the molecule is Cc1cc(C)cc(NC(=S)C(=O)c2ccccc2)c1. The van der Waals surface area contributed by atoms with Crippen molar-refractivity contribution in [3.63, 3.8) is 0 Å². The Morgan fingerprint density at radius 2 is 1.58 bits per heavy atom. The van der Waals surface area contributed by atoms with Gasteiger partial charge in [0.1, 0.15) is 0 Å². The summed E-state index contributed by atoms with van der Waals surface area (Å²) in [5.41, 5.74) is 3.73. The first-order chi connectivity index (χ1) is 9.06. The van der Waals surface area contributed by atoms with Gasteiger partial charge in [0.2, 0.25) is 5.78 Å². The minimum Gasteiger partial charge on any atom is -0.343 e. The minimum absolute atomic E-state index is 0.158. The average molecular weight is 269 g/mol. The molecule has 0 aliphatic heterocycles. The van der Waals surface area contributed by atoms with E-state index in [0.717, 1.165) is 16.8 Å². The predicted octanol–water partition coefficient (Wildman–Crippen LogP) is 3.93. The third-order valence-electron chi connectivity index (χ3n) is 2.72. The summed E-state index contributed by atoms with van der Waals surface area (Å²) in [6.07, 6.45) is 0. The van der Waals surface area contributed by atoms with E-state index in [1.807, 2.05) is 44.2 Å². The second-order valence-corrected chi connectivity index (χ2v) is 4.93. The van der Waals surface area contributed by atoms with Gasteiger partial charge < -0.3 is 5.32 Å². The van der Waals surface area contributed by atoms with Crippen LogP contribution >= 0.6 is 12.2 Å². The van der Waals surface area contributed by atoms with Crippen LogP contribution < -0.4 is 5.32 Å². The lowest BCUT2D eigenvalue weighted by atomic mass is 10.1. The van der Waals surface area contributed by atoms with Crippen LogP contribution in [0.1, 0.15) is 21.5 Å². The van der Waals surface area contributed by atoms with Gasteiger partial charge in [-0.2, -0.15) is 0 Å². The van der Waals surface area contributed by atoms with Crippen LogP contribution in [0.2, 0.25) is 0 Å². The van der Waals surface area contributed by atoms with E-state index < -0.39 is 0 Å². The zero-order valence-electron chi connectivity index (χ0n) is 10.9. The molecule has 0 fully saturated rings. The highest BCUT2D eigenvalue weighted by molar-refractivity contribution is 7.82. The molecule has 0 radical (unpaired) electrons. The molecule has 0 aliphatic rings. The Kier molecular flexibility index (Phi) is 4.07. The topological polar surface area (TPSA) is 29.1 Å². The fourth-order valence-corrected chi connectivity index (χ4v) is 2.19. The van der Waals surface area contributed by atoms with Crippen LogP contribution in [0, 0.1) is 13.8 Å². The summed E-state index contributed by atoms with van der Waals surface area (Å²) in [6.45, 7) is 4.03. The number of carbonyl (C=O) groups excluding carboxylic acids is 1. The van der Waals surface area contributed by atoms with Crippen molar-refractivity contribution in [3.05, 3.63) is 65.2 Å². The molecule has 3 heteroatoms.